The molecule has 1 unspecified atom stereocenters. The van der Waals surface area contributed by atoms with Crippen LogP contribution in [0.25, 0.3) is 0 Å². The second kappa shape index (κ2) is 11.0. The van der Waals surface area contributed by atoms with E-state index < -0.39 is 0 Å². The van der Waals surface area contributed by atoms with E-state index >= 15 is 0 Å². The summed E-state index contributed by atoms with van der Waals surface area (Å²) in [6.45, 7) is 9.12. The number of hydrogen-bond acceptors (Lipinski definition) is 2. The molecular weight excluding hydrogens is 176 g/mol. The van der Waals surface area contributed by atoms with Crippen molar-refractivity contribution in [3.63, 3.8) is 0 Å². The molecule has 0 spiro atoms. The maximum absolute atomic E-state index is 5.61. The van der Waals surface area contributed by atoms with Gasteiger partial charge in [0, 0.05) is 19.8 Å². The second-order valence-corrected chi connectivity index (χ2v) is 3.79. The highest BCUT2D eigenvalue weighted by atomic mass is 16.5. The van der Waals surface area contributed by atoms with Crippen molar-refractivity contribution in [1.29, 1.82) is 0 Å². The summed E-state index contributed by atoms with van der Waals surface area (Å²) in [5, 5.41) is 0. The number of rotatable bonds is 10. The topological polar surface area (TPSA) is 18.5 Å². The lowest BCUT2D eigenvalue weighted by atomic mass is 10.3. The van der Waals surface area contributed by atoms with Crippen LogP contribution in [0.5, 0.6) is 0 Å². The van der Waals surface area contributed by atoms with Crippen LogP contribution in [0.3, 0.4) is 0 Å². The van der Waals surface area contributed by atoms with Gasteiger partial charge in [-0.1, -0.05) is 26.7 Å². The molecule has 0 aliphatic rings. The van der Waals surface area contributed by atoms with E-state index in [4.69, 9.17) is 9.47 Å². The molecule has 0 saturated heterocycles. The molecule has 14 heavy (non-hydrogen) atoms. The fraction of sp³-hybridized carbons (Fsp3) is 1.00. The monoisotopic (exact) mass is 202 g/mol. The Kier molecular flexibility index (Phi) is 10.9. The van der Waals surface area contributed by atoms with Crippen molar-refractivity contribution in [2.45, 2.75) is 59.0 Å². The molecule has 0 saturated carbocycles. The number of hydrogen-bond donors (Lipinski definition) is 0. The zero-order chi connectivity index (χ0) is 10.6. The van der Waals surface area contributed by atoms with Gasteiger partial charge in [-0.2, -0.15) is 0 Å². The lowest BCUT2D eigenvalue weighted by Crippen LogP contribution is -2.12. The summed E-state index contributed by atoms with van der Waals surface area (Å²) in [5.41, 5.74) is 0. The van der Waals surface area contributed by atoms with Gasteiger partial charge in [-0.25, -0.2) is 0 Å². The Hall–Kier alpha value is -0.0800. The Morgan fingerprint density at radius 2 is 1.57 bits per heavy atom. The molecule has 0 bridgehead atoms. The van der Waals surface area contributed by atoms with Gasteiger partial charge in [0.2, 0.25) is 0 Å². The van der Waals surface area contributed by atoms with Crippen LogP contribution in [-0.2, 0) is 9.47 Å². The van der Waals surface area contributed by atoms with Crippen LogP contribution < -0.4 is 0 Å². The van der Waals surface area contributed by atoms with E-state index in [2.05, 4.69) is 20.8 Å². The first kappa shape index (κ1) is 13.9. The van der Waals surface area contributed by atoms with Gasteiger partial charge in [-0.3, -0.25) is 0 Å². The van der Waals surface area contributed by atoms with Crippen molar-refractivity contribution in [1.82, 2.24) is 0 Å². The Bertz CT molecular complexity index is 104. The first-order valence-electron chi connectivity index (χ1n) is 6.00. The highest BCUT2D eigenvalue weighted by Crippen LogP contribution is 2.00. The summed E-state index contributed by atoms with van der Waals surface area (Å²) >= 11 is 0. The zero-order valence-corrected chi connectivity index (χ0v) is 10.1. The fourth-order valence-electron chi connectivity index (χ4n) is 1.11. The molecule has 0 heterocycles. The zero-order valence-electron chi connectivity index (χ0n) is 10.1. The average Bonchev–Trinajstić information content (AvgIpc) is 2.18. The second-order valence-electron chi connectivity index (χ2n) is 3.79. The normalized spacial score (nSPS) is 13.1. The molecule has 2 nitrogen and oxygen atoms in total. The van der Waals surface area contributed by atoms with Crippen LogP contribution in [0.2, 0.25) is 0 Å². The minimum absolute atomic E-state index is 0.350. The van der Waals surface area contributed by atoms with E-state index in [1.165, 1.54) is 25.7 Å². The highest BCUT2D eigenvalue weighted by molar-refractivity contribution is 4.49. The maximum Gasteiger partial charge on any atom is 0.0568 e. The van der Waals surface area contributed by atoms with Crippen LogP contribution in [0.15, 0.2) is 0 Å². The summed E-state index contributed by atoms with van der Waals surface area (Å²) < 4.78 is 11.1. The minimum Gasteiger partial charge on any atom is -0.381 e. The first-order chi connectivity index (χ1) is 6.81. The van der Waals surface area contributed by atoms with Gasteiger partial charge >= 0.3 is 0 Å². The van der Waals surface area contributed by atoms with E-state index in [-0.39, 0.29) is 0 Å². The molecule has 0 fully saturated rings. The smallest absolute Gasteiger partial charge is 0.0568 e. The summed E-state index contributed by atoms with van der Waals surface area (Å²) in [5.74, 6) is 0. The van der Waals surface area contributed by atoms with Crippen molar-refractivity contribution < 1.29 is 9.47 Å². The molecular formula is C12H26O2. The van der Waals surface area contributed by atoms with E-state index in [9.17, 15) is 0 Å². The summed E-state index contributed by atoms with van der Waals surface area (Å²) in [4.78, 5) is 0. The van der Waals surface area contributed by atoms with Crippen LogP contribution >= 0.6 is 0 Å². The summed E-state index contributed by atoms with van der Waals surface area (Å²) in [6, 6.07) is 0. The Morgan fingerprint density at radius 3 is 2.21 bits per heavy atom. The van der Waals surface area contributed by atoms with Crippen LogP contribution in [0.1, 0.15) is 52.9 Å². The van der Waals surface area contributed by atoms with Crippen LogP contribution in [0, 0.1) is 0 Å². The predicted octanol–water partition coefficient (Wildman–Crippen LogP) is 3.40. The number of ether oxygens (including phenoxy) is 2. The Labute approximate surface area is 89.0 Å². The average molecular weight is 202 g/mol. The third-order valence-corrected chi connectivity index (χ3v) is 2.21. The minimum atomic E-state index is 0.350. The molecule has 0 N–H and O–H groups in total. The Morgan fingerprint density at radius 1 is 0.929 bits per heavy atom. The molecule has 86 valence electrons. The SMILES string of the molecule is CCCCOCCC(C)OCCCC. The van der Waals surface area contributed by atoms with Crippen molar-refractivity contribution in [2.24, 2.45) is 0 Å². The maximum atomic E-state index is 5.61. The molecule has 0 radical (unpaired) electrons. The molecule has 0 aromatic rings. The molecule has 1 atom stereocenters. The lowest BCUT2D eigenvalue weighted by molar-refractivity contribution is 0.0299. The van der Waals surface area contributed by atoms with Crippen LogP contribution in [0.4, 0.5) is 0 Å². The standard InChI is InChI=1S/C12H26O2/c1-4-6-9-13-11-8-12(3)14-10-7-5-2/h12H,4-11H2,1-3H3. The fourth-order valence-corrected chi connectivity index (χ4v) is 1.11. The van der Waals surface area contributed by atoms with E-state index in [0.717, 1.165) is 26.2 Å². The van der Waals surface area contributed by atoms with Crippen molar-refractivity contribution >= 4 is 0 Å². The van der Waals surface area contributed by atoms with E-state index in [0.29, 0.717) is 6.10 Å². The molecule has 0 amide bonds. The Balaban J connectivity index is 3.06. The van der Waals surface area contributed by atoms with Gasteiger partial charge in [0.1, 0.15) is 0 Å². The highest BCUT2D eigenvalue weighted by Gasteiger charge is 2.00. The quantitative estimate of drug-likeness (QED) is 0.505. The van der Waals surface area contributed by atoms with Gasteiger partial charge in [0.05, 0.1) is 6.10 Å². The predicted molar refractivity (Wildman–Crippen MR) is 60.7 cm³/mol. The molecule has 0 aromatic carbocycles. The summed E-state index contributed by atoms with van der Waals surface area (Å²) in [7, 11) is 0. The van der Waals surface area contributed by atoms with Gasteiger partial charge in [0.25, 0.3) is 0 Å². The molecule has 0 rings (SSSR count). The number of unbranched alkanes of at least 4 members (excludes halogenated alkanes) is 2. The van der Waals surface area contributed by atoms with Crippen molar-refractivity contribution in [3.05, 3.63) is 0 Å². The molecule has 0 aliphatic carbocycles. The van der Waals surface area contributed by atoms with E-state index in [1.54, 1.807) is 0 Å². The van der Waals surface area contributed by atoms with Crippen molar-refractivity contribution in [2.75, 3.05) is 19.8 Å². The lowest BCUT2D eigenvalue weighted by Gasteiger charge is -2.12. The van der Waals surface area contributed by atoms with Gasteiger partial charge in [-0.05, 0) is 26.2 Å². The third-order valence-electron chi connectivity index (χ3n) is 2.21. The third kappa shape index (κ3) is 10.0. The molecule has 0 aliphatic heterocycles. The largest absolute Gasteiger partial charge is 0.381 e. The summed E-state index contributed by atoms with van der Waals surface area (Å²) in [6.07, 6.45) is 6.13. The molecule has 2 heteroatoms. The first-order valence-corrected chi connectivity index (χ1v) is 6.00. The van der Waals surface area contributed by atoms with E-state index in [1.807, 2.05) is 0 Å². The van der Waals surface area contributed by atoms with Gasteiger partial charge in [0.15, 0.2) is 0 Å². The van der Waals surface area contributed by atoms with Crippen molar-refractivity contribution in [3.8, 4) is 0 Å². The van der Waals surface area contributed by atoms with Crippen LogP contribution in [-0.4, -0.2) is 25.9 Å². The van der Waals surface area contributed by atoms with Gasteiger partial charge < -0.3 is 9.47 Å². The molecule has 0 aromatic heterocycles. The van der Waals surface area contributed by atoms with Gasteiger partial charge in [-0.15, -0.1) is 0 Å².